The molecule has 2 aromatic rings. The zero-order chi connectivity index (χ0) is 19.1. The summed E-state index contributed by atoms with van der Waals surface area (Å²) in [6.07, 6.45) is 2.17. The van der Waals surface area contributed by atoms with Gasteiger partial charge in [-0.25, -0.2) is 13.8 Å². The minimum atomic E-state index is -0.811. The first kappa shape index (κ1) is 19.1. The summed E-state index contributed by atoms with van der Waals surface area (Å²) in [5, 5.41) is 3.29. The Bertz CT molecular complexity index is 758. The average molecular weight is 373 g/mol. The molecule has 1 N–H and O–H groups in total. The molecule has 1 aliphatic heterocycles. The van der Waals surface area contributed by atoms with Crippen LogP contribution in [0.15, 0.2) is 47.6 Å². The van der Waals surface area contributed by atoms with Crippen LogP contribution in [0.1, 0.15) is 12.5 Å². The maximum Gasteiger partial charge on any atom is 0.194 e. The van der Waals surface area contributed by atoms with E-state index in [9.17, 15) is 8.78 Å². The fourth-order valence-electron chi connectivity index (χ4n) is 3.14. The molecule has 144 valence electrons. The molecule has 27 heavy (non-hydrogen) atoms. The van der Waals surface area contributed by atoms with Crippen LogP contribution in [0.25, 0.3) is 0 Å². The second-order valence-electron chi connectivity index (χ2n) is 6.36. The fourth-order valence-corrected chi connectivity index (χ4v) is 3.14. The Morgan fingerprint density at radius 3 is 2.63 bits per heavy atom. The molecule has 0 spiro atoms. The van der Waals surface area contributed by atoms with Gasteiger partial charge in [0, 0.05) is 45.5 Å². The van der Waals surface area contributed by atoms with Crippen molar-refractivity contribution in [2.45, 2.75) is 13.3 Å². The van der Waals surface area contributed by atoms with Crippen LogP contribution >= 0.6 is 0 Å². The third kappa shape index (κ3) is 4.93. The van der Waals surface area contributed by atoms with E-state index in [1.165, 1.54) is 6.07 Å². The minimum Gasteiger partial charge on any atom is -0.357 e. The van der Waals surface area contributed by atoms with E-state index in [1.54, 1.807) is 12.3 Å². The molecule has 7 heteroatoms. The fraction of sp³-hybridized carbons (Fsp3) is 0.400. The molecule has 1 aromatic carbocycles. The van der Waals surface area contributed by atoms with Gasteiger partial charge in [-0.1, -0.05) is 18.2 Å². The molecular formula is C20H25F2N5. The summed E-state index contributed by atoms with van der Waals surface area (Å²) in [6.45, 7) is 6.57. The van der Waals surface area contributed by atoms with Crippen LogP contribution in [0, 0.1) is 11.6 Å². The first-order valence-electron chi connectivity index (χ1n) is 9.31. The van der Waals surface area contributed by atoms with Crippen LogP contribution in [0.2, 0.25) is 0 Å². The number of nitrogens with one attached hydrogen (secondary N) is 1. The zero-order valence-electron chi connectivity index (χ0n) is 15.5. The number of guanidine groups is 1. The summed E-state index contributed by atoms with van der Waals surface area (Å²) in [5.41, 5.74) is 0.356. The smallest absolute Gasteiger partial charge is 0.194 e. The predicted molar refractivity (Wildman–Crippen MR) is 104 cm³/mol. The molecular weight excluding hydrogens is 348 g/mol. The van der Waals surface area contributed by atoms with Gasteiger partial charge in [-0.3, -0.25) is 4.99 Å². The summed E-state index contributed by atoms with van der Waals surface area (Å²) in [6, 6.07) is 10.2. The van der Waals surface area contributed by atoms with Crippen LogP contribution in [-0.4, -0.2) is 55.1 Å². The number of benzene rings is 1. The van der Waals surface area contributed by atoms with E-state index in [4.69, 9.17) is 0 Å². The van der Waals surface area contributed by atoms with Gasteiger partial charge in [0.15, 0.2) is 17.6 Å². The molecule has 3 rings (SSSR count). The highest BCUT2D eigenvalue weighted by molar-refractivity contribution is 5.80. The van der Waals surface area contributed by atoms with Crippen molar-refractivity contribution in [3.05, 3.63) is 59.8 Å². The second-order valence-corrected chi connectivity index (χ2v) is 6.36. The predicted octanol–water partition coefficient (Wildman–Crippen LogP) is 2.69. The molecule has 0 amide bonds. The van der Waals surface area contributed by atoms with Crippen LogP contribution in [-0.2, 0) is 6.42 Å². The topological polar surface area (TPSA) is 43.8 Å². The van der Waals surface area contributed by atoms with Gasteiger partial charge in [0.05, 0.1) is 0 Å². The molecule has 2 heterocycles. The summed E-state index contributed by atoms with van der Waals surface area (Å²) in [4.78, 5) is 13.5. The summed E-state index contributed by atoms with van der Waals surface area (Å²) >= 11 is 0. The standard InChI is InChI=1S/C20H25F2N5/c1-2-23-20(25-11-9-16-6-5-7-17(21)19(16)22)27-14-12-26(13-15-27)18-8-3-4-10-24-18/h3-8,10H,2,9,11-15H2,1H3,(H,23,25). The SMILES string of the molecule is CCNC(=NCCc1cccc(F)c1F)N1CCN(c2ccccn2)CC1. The molecule has 1 aromatic heterocycles. The van der Waals surface area contributed by atoms with Crippen molar-refractivity contribution in [3.8, 4) is 0 Å². The highest BCUT2D eigenvalue weighted by Crippen LogP contribution is 2.14. The third-order valence-corrected chi connectivity index (χ3v) is 4.56. The Hall–Kier alpha value is -2.70. The zero-order valence-corrected chi connectivity index (χ0v) is 15.5. The van der Waals surface area contributed by atoms with Gasteiger partial charge in [0.25, 0.3) is 0 Å². The molecule has 0 radical (unpaired) electrons. The van der Waals surface area contributed by atoms with Gasteiger partial charge >= 0.3 is 0 Å². The van der Waals surface area contributed by atoms with E-state index in [2.05, 4.69) is 25.1 Å². The van der Waals surface area contributed by atoms with Crippen molar-refractivity contribution < 1.29 is 8.78 Å². The van der Waals surface area contributed by atoms with Gasteiger partial charge in [-0.15, -0.1) is 0 Å². The lowest BCUT2D eigenvalue weighted by Gasteiger charge is -2.37. The van der Waals surface area contributed by atoms with Crippen molar-refractivity contribution in [1.82, 2.24) is 15.2 Å². The number of hydrogen-bond donors (Lipinski definition) is 1. The maximum absolute atomic E-state index is 13.8. The van der Waals surface area contributed by atoms with Crippen molar-refractivity contribution in [2.24, 2.45) is 4.99 Å². The number of hydrogen-bond acceptors (Lipinski definition) is 3. The Morgan fingerprint density at radius 1 is 1.11 bits per heavy atom. The van der Waals surface area contributed by atoms with E-state index in [0.717, 1.165) is 50.6 Å². The Labute approximate surface area is 158 Å². The number of rotatable bonds is 5. The monoisotopic (exact) mass is 373 g/mol. The first-order valence-corrected chi connectivity index (χ1v) is 9.31. The number of piperazine rings is 1. The first-order chi connectivity index (χ1) is 13.2. The lowest BCUT2D eigenvalue weighted by molar-refractivity contribution is 0.371. The number of aliphatic imine (C=N–C) groups is 1. The lowest BCUT2D eigenvalue weighted by atomic mass is 10.1. The van der Waals surface area contributed by atoms with Crippen LogP contribution < -0.4 is 10.2 Å². The maximum atomic E-state index is 13.8. The quantitative estimate of drug-likeness (QED) is 0.647. The molecule has 0 atom stereocenters. The number of anilines is 1. The van der Waals surface area contributed by atoms with Crippen molar-refractivity contribution in [3.63, 3.8) is 0 Å². The number of aromatic nitrogens is 1. The van der Waals surface area contributed by atoms with Crippen LogP contribution in [0.5, 0.6) is 0 Å². The van der Waals surface area contributed by atoms with Gasteiger partial charge < -0.3 is 15.1 Å². The third-order valence-electron chi connectivity index (χ3n) is 4.56. The van der Waals surface area contributed by atoms with Crippen molar-refractivity contribution in [1.29, 1.82) is 0 Å². The van der Waals surface area contributed by atoms with E-state index in [0.29, 0.717) is 18.5 Å². The van der Waals surface area contributed by atoms with Crippen molar-refractivity contribution in [2.75, 3.05) is 44.2 Å². The Morgan fingerprint density at radius 2 is 1.93 bits per heavy atom. The molecule has 1 saturated heterocycles. The van der Waals surface area contributed by atoms with Crippen molar-refractivity contribution >= 4 is 11.8 Å². The molecule has 5 nitrogen and oxygen atoms in total. The summed E-state index contributed by atoms with van der Waals surface area (Å²) in [5.74, 6) is 0.214. The van der Waals surface area contributed by atoms with E-state index in [-0.39, 0.29) is 0 Å². The van der Waals surface area contributed by atoms with Crippen LogP contribution in [0.3, 0.4) is 0 Å². The van der Waals surface area contributed by atoms with Crippen LogP contribution in [0.4, 0.5) is 14.6 Å². The Balaban J connectivity index is 1.58. The largest absolute Gasteiger partial charge is 0.357 e. The van der Waals surface area contributed by atoms with E-state index < -0.39 is 11.6 Å². The summed E-state index contributed by atoms with van der Waals surface area (Å²) in [7, 11) is 0. The van der Waals surface area contributed by atoms with Gasteiger partial charge in [-0.2, -0.15) is 0 Å². The molecule has 1 fully saturated rings. The Kier molecular flexibility index (Phi) is 6.57. The van der Waals surface area contributed by atoms with Gasteiger partial charge in [0.2, 0.25) is 0 Å². The number of nitrogens with zero attached hydrogens (tertiary/aromatic N) is 4. The lowest BCUT2D eigenvalue weighted by Crippen LogP contribution is -2.52. The molecule has 1 aliphatic rings. The summed E-state index contributed by atoms with van der Waals surface area (Å²) < 4.78 is 27.1. The second kappa shape index (κ2) is 9.30. The normalized spacial score (nSPS) is 15.1. The molecule has 0 bridgehead atoms. The van der Waals surface area contributed by atoms with Gasteiger partial charge in [-0.05, 0) is 37.1 Å². The highest BCUT2D eigenvalue weighted by Gasteiger charge is 2.20. The number of pyridine rings is 1. The van der Waals surface area contributed by atoms with Gasteiger partial charge in [0.1, 0.15) is 5.82 Å². The molecule has 0 unspecified atom stereocenters. The van der Waals surface area contributed by atoms with E-state index >= 15 is 0 Å². The highest BCUT2D eigenvalue weighted by atomic mass is 19.2. The minimum absolute atomic E-state index is 0.356. The molecule has 0 saturated carbocycles. The number of halogens is 2. The van der Waals surface area contributed by atoms with E-state index in [1.807, 2.05) is 25.1 Å². The average Bonchev–Trinajstić information content (AvgIpc) is 2.71. The molecule has 0 aliphatic carbocycles.